The smallest absolute Gasteiger partial charge is 0.338 e. The van der Waals surface area contributed by atoms with E-state index in [1.54, 1.807) is 12.1 Å². The molecule has 0 fully saturated rings. The van der Waals surface area contributed by atoms with Gasteiger partial charge in [-0.15, -0.1) is 0 Å². The molecule has 0 amide bonds. The van der Waals surface area contributed by atoms with Crippen molar-refractivity contribution in [2.45, 2.75) is 46.3 Å². The highest BCUT2D eigenvalue weighted by atomic mass is 32.2. The fourth-order valence-corrected chi connectivity index (χ4v) is 4.86. The fourth-order valence-electron chi connectivity index (χ4n) is 3.14. The van der Waals surface area contributed by atoms with Crippen LogP contribution in [0.4, 0.5) is 30.4 Å². The maximum Gasteiger partial charge on any atom is 0.433 e. The summed E-state index contributed by atoms with van der Waals surface area (Å²) in [5, 5.41) is 2.92. The minimum absolute atomic E-state index is 0.0209. The number of anilines is 3. The van der Waals surface area contributed by atoms with Crippen LogP contribution in [-0.2, 0) is 22.7 Å². The molecule has 28 heavy (non-hydrogen) atoms. The van der Waals surface area contributed by atoms with Gasteiger partial charge in [0.05, 0.1) is 23.7 Å². The van der Waals surface area contributed by atoms with E-state index in [4.69, 9.17) is 0 Å². The number of unbranched alkanes of at least 4 members (excludes halogenated alkanes) is 1. The van der Waals surface area contributed by atoms with Gasteiger partial charge in [-0.3, -0.25) is 4.31 Å². The Morgan fingerprint density at radius 2 is 1.89 bits per heavy atom. The maximum absolute atomic E-state index is 13.1. The summed E-state index contributed by atoms with van der Waals surface area (Å²) < 4.78 is 66.7. The van der Waals surface area contributed by atoms with E-state index in [2.05, 4.69) is 10.3 Å². The molecule has 0 saturated carbocycles. The number of hydrogen-bond acceptors (Lipinski definition) is 4. The monoisotopic (exact) mass is 413 g/mol. The molecule has 152 valence electrons. The molecule has 1 aliphatic rings. The van der Waals surface area contributed by atoms with Crippen LogP contribution in [0.25, 0.3) is 0 Å². The topological polar surface area (TPSA) is 62.3 Å². The minimum atomic E-state index is -4.58. The van der Waals surface area contributed by atoms with Gasteiger partial charge >= 0.3 is 6.18 Å². The molecule has 1 N–H and O–H groups in total. The van der Waals surface area contributed by atoms with Crippen LogP contribution in [0.15, 0.2) is 24.3 Å². The maximum atomic E-state index is 13.1. The molecule has 5 nitrogen and oxygen atoms in total. The zero-order valence-corrected chi connectivity index (χ0v) is 16.7. The van der Waals surface area contributed by atoms with Gasteiger partial charge in [0.15, 0.2) is 0 Å². The van der Waals surface area contributed by atoms with E-state index in [9.17, 15) is 21.6 Å². The van der Waals surface area contributed by atoms with Crippen LogP contribution in [0.5, 0.6) is 0 Å². The summed E-state index contributed by atoms with van der Waals surface area (Å²) in [6.07, 6.45) is -3.36. The lowest BCUT2D eigenvalue weighted by Gasteiger charge is -2.26. The van der Waals surface area contributed by atoms with Crippen molar-refractivity contribution in [1.29, 1.82) is 0 Å². The predicted molar refractivity (Wildman–Crippen MR) is 103 cm³/mol. The Morgan fingerprint density at radius 3 is 2.54 bits per heavy atom. The van der Waals surface area contributed by atoms with Gasteiger partial charge in [-0.2, -0.15) is 13.2 Å². The third kappa shape index (κ3) is 3.80. The molecule has 2 aromatic rings. The van der Waals surface area contributed by atoms with E-state index in [1.807, 2.05) is 20.8 Å². The molecule has 3 rings (SSSR count). The third-order valence-electron chi connectivity index (χ3n) is 4.88. The van der Waals surface area contributed by atoms with E-state index in [-0.39, 0.29) is 18.1 Å². The lowest BCUT2D eigenvalue weighted by Crippen LogP contribution is -2.33. The first-order valence-electron chi connectivity index (χ1n) is 8.99. The molecule has 0 unspecified atom stereocenters. The molecule has 0 aliphatic carbocycles. The van der Waals surface area contributed by atoms with Crippen molar-refractivity contribution in [2.75, 3.05) is 15.4 Å². The number of nitrogens with one attached hydrogen (secondary N) is 1. The van der Waals surface area contributed by atoms with Crippen LogP contribution in [0.2, 0.25) is 0 Å². The summed E-state index contributed by atoms with van der Waals surface area (Å²) in [6.45, 7) is 5.50. The largest absolute Gasteiger partial charge is 0.433 e. The number of halogens is 3. The standard InChI is InChI=1S/C19H22F3N3O2S/c1-4-5-10-28(26,27)25-11-14-7-9-16(19(20,21)22)24-18(14)23-15-8-6-12(2)13(3)17(15)25/h6-9H,4-5,10-11H2,1-3H3,(H,23,24). The number of alkyl halides is 3. The second-order valence-electron chi connectivity index (χ2n) is 6.91. The van der Waals surface area contributed by atoms with E-state index >= 15 is 0 Å². The lowest BCUT2D eigenvalue weighted by atomic mass is 10.1. The summed E-state index contributed by atoms with van der Waals surface area (Å²) >= 11 is 0. The van der Waals surface area contributed by atoms with Crippen molar-refractivity contribution in [2.24, 2.45) is 0 Å². The molecule has 1 aliphatic heterocycles. The summed E-state index contributed by atoms with van der Waals surface area (Å²) in [4.78, 5) is 3.72. The molecule has 0 bridgehead atoms. The minimum Gasteiger partial charge on any atom is -0.338 e. The molecular weight excluding hydrogens is 391 g/mol. The fraction of sp³-hybridized carbons (Fsp3) is 0.421. The third-order valence-corrected chi connectivity index (χ3v) is 6.67. The van der Waals surface area contributed by atoms with Crippen molar-refractivity contribution in [3.05, 3.63) is 46.6 Å². The van der Waals surface area contributed by atoms with Crippen molar-refractivity contribution in [3.63, 3.8) is 0 Å². The molecule has 9 heteroatoms. The van der Waals surface area contributed by atoms with Gasteiger partial charge < -0.3 is 5.32 Å². The molecule has 0 saturated heterocycles. The second kappa shape index (κ2) is 7.27. The zero-order valence-electron chi connectivity index (χ0n) is 15.9. The van der Waals surface area contributed by atoms with Gasteiger partial charge in [-0.1, -0.05) is 25.5 Å². The van der Waals surface area contributed by atoms with Crippen LogP contribution in [-0.4, -0.2) is 19.2 Å². The summed E-state index contributed by atoms with van der Waals surface area (Å²) in [7, 11) is -3.66. The molecular formula is C19H22F3N3O2S. The Labute approximate surface area is 162 Å². The second-order valence-corrected chi connectivity index (χ2v) is 8.92. The predicted octanol–water partition coefficient (Wildman–Crippen LogP) is 4.91. The highest BCUT2D eigenvalue weighted by molar-refractivity contribution is 7.92. The molecule has 1 aromatic carbocycles. The summed E-state index contributed by atoms with van der Waals surface area (Å²) in [5.74, 6) is -0.00721. The van der Waals surface area contributed by atoms with Crippen LogP contribution >= 0.6 is 0 Å². The van der Waals surface area contributed by atoms with Gasteiger partial charge in [0.25, 0.3) is 0 Å². The number of sulfonamides is 1. The highest BCUT2D eigenvalue weighted by Crippen LogP contribution is 2.41. The van der Waals surface area contributed by atoms with Crippen LogP contribution in [0, 0.1) is 13.8 Å². The molecule has 1 aromatic heterocycles. The molecule has 0 atom stereocenters. The van der Waals surface area contributed by atoms with Gasteiger partial charge in [0, 0.05) is 5.56 Å². The van der Waals surface area contributed by atoms with E-state index < -0.39 is 21.9 Å². The molecule has 2 heterocycles. The Hall–Kier alpha value is -2.29. The number of pyridine rings is 1. The number of benzene rings is 1. The van der Waals surface area contributed by atoms with E-state index in [0.717, 1.165) is 23.6 Å². The van der Waals surface area contributed by atoms with Gasteiger partial charge in [0.2, 0.25) is 10.0 Å². The Balaban J connectivity index is 2.19. The zero-order chi connectivity index (χ0) is 20.7. The van der Waals surface area contributed by atoms with Crippen molar-refractivity contribution in [1.82, 2.24) is 4.98 Å². The van der Waals surface area contributed by atoms with Crippen molar-refractivity contribution in [3.8, 4) is 0 Å². The van der Waals surface area contributed by atoms with Crippen LogP contribution in [0.1, 0.15) is 42.1 Å². The number of nitrogens with zero attached hydrogens (tertiary/aromatic N) is 2. The van der Waals surface area contributed by atoms with Crippen LogP contribution in [0.3, 0.4) is 0 Å². The number of fused-ring (bicyclic) bond motifs is 2. The average molecular weight is 413 g/mol. The number of aromatic nitrogens is 1. The molecule has 0 radical (unpaired) electrons. The number of aryl methyl sites for hydroxylation is 1. The summed E-state index contributed by atoms with van der Waals surface area (Å²) in [5.41, 5.74) is 1.91. The van der Waals surface area contributed by atoms with Crippen LogP contribution < -0.4 is 9.62 Å². The highest BCUT2D eigenvalue weighted by Gasteiger charge is 2.35. The van der Waals surface area contributed by atoms with Gasteiger partial charge in [-0.25, -0.2) is 13.4 Å². The lowest BCUT2D eigenvalue weighted by molar-refractivity contribution is -0.141. The Morgan fingerprint density at radius 1 is 1.18 bits per heavy atom. The Kier molecular flexibility index (Phi) is 5.31. The van der Waals surface area contributed by atoms with Crippen molar-refractivity contribution < 1.29 is 21.6 Å². The quantitative estimate of drug-likeness (QED) is 0.774. The van der Waals surface area contributed by atoms with Gasteiger partial charge in [-0.05, 0) is 43.5 Å². The number of rotatable bonds is 4. The SMILES string of the molecule is CCCCS(=O)(=O)N1Cc2ccc(C(F)(F)F)nc2Nc2ccc(C)c(C)c21. The van der Waals surface area contributed by atoms with E-state index in [0.29, 0.717) is 23.4 Å². The molecule has 0 spiro atoms. The first kappa shape index (κ1) is 20.4. The number of hydrogen-bond donors (Lipinski definition) is 1. The van der Waals surface area contributed by atoms with Crippen molar-refractivity contribution >= 4 is 27.2 Å². The van der Waals surface area contributed by atoms with E-state index in [1.165, 1.54) is 10.4 Å². The normalized spacial score (nSPS) is 14.1. The Bertz CT molecular complexity index is 1000. The first-order chi connectivity index (χ1) is 13.0. The van der Waals surface area contributed by atoms with Gasteiger partial charge in [0.1, 0.15) is 11.5 Å². The first-order valence-corrected chi connectivity index (χ1v) is 10.6. The summed E-state index contributed by atoms with van der Waals surface area (Å²) in [6, 6.07) is 5.65. The average Bonchev–Trinajstić information content (AvgIpc) is 2.79.